The number of methoxy groups -OCH3 is 1. The fourth-order valence-corrected chi connectivity index (χ4v) is 7.13. The zero-order valence-corrected chi connectivity index (χ0v) is 29.5. The number of rotatable bonds is 18. The predicted octanol–water partition coefficient (Wildman–Crippen LogP) is 5.08. The van der Waals surface area contributed by atoms with Gasteiger partial charge in [0.15, 0.2) is 0 Å². The summed E-state index contributed by atoms with van der Waals surface area (Å²) >= 11 is 0. The molecule has 0 radical (unpaired) electrons. The molecule has 0 aliphatic carbocycles. The lowest BCUT2D eigenvalue weighted by atomic mass is 9.85. The molecule has 0 aromatic rings. The van der Waals surface area contributed by atoms with E-state index in [0.29, 0.717) is 51.0 Å². The predicted molar refractivity (Wildman–Crippen MR) is 179 cm³/mol. The van der Waals surface area contributed by atoms with Gasteiger partial charge in [0.25, 0.3) is 0 Å². The second-order valence-electron chi connectivity index (χ2n) is 14.0. The van der Waals surface area contributed by atoms with Crippen molar-refractivity contribution in [2.24, 2.45) is 17.8 Å². The summed E-state index contributed by atoms with van der Waals surface area (Å²) in [6, 6.07) is 0. The Morgan fingerprint density at radius 1 is 1.11 bits per heavy atom. The van der Waals surface area contributed by atoms with Crippen molar-refractivity contribution in [3.8, 4) is 0 Å². The number of carbonyl (C=O) groups excluding carboxylic acids is 2. The Labute approximate surface area is 277 Å². The third-order valence-electron chi connectivity index (χ3n) is 9.78. The van der Waals surface area contributed by atoms with Crippen molar-refractivity contribution in [2.45, 2.75) is 123 Å². The highest BCUT2D eigenvalue weighted by Crippen LogP contribution is 2.47. The van der Waals surface area contributed by atoms with E-state index < -0.39 is 6.10 Å². The summed E-state index contributed by atoms with van der Waals surface area (Å²) in [4.78, 5) is 26.4. The van der Waals surface area contributed by atoms with E-state index in [1.165, 1.54) is 5.57 Å². The van der Waals surface area contributed by atoms with Crippen LogP contribution >= 0.6 is 0 Å². The summed E-state index contributed by atoms with van der Waals surface area (Å²) in [7, 11) is 1.64. The molecule has 10 heteroatoms. The molecule has 0 aromatic heterocycles. The minimum absolute atomic E-state index is 0.0476. The summed E-state index contributed by atoms with van der Waals surface area (Å²) in [5.41, 5.74) is 0.999. The van der Waals surface area contributed by atoms with Crippen molar-refractivity contribution in [3.05, 3.63) is 23.8 Å². The number of allylic oxidation sites excluding steroid dienone is 3. The largest absolute Gasteiger partial charge is 0.447 e. The Morgan fingerprint density at radius 2 is 1.89 bits per heavy atom. The number of hydrogen-bond donors (Lipinski definition) is 2. The molecule has 46 heavy (non-hydrogen) atoms. The zero-order valence-electron chi connectivity index (χ0n) is 29.5. The minimum atomic E-state index is -0.536. The fraction of sp³-hybridized carbons (Fsp3) is 0.833. The van der Waals surface area contributed by atoms with E-state index in [9.17, 15) is 14.7 Å². The number of amides is 1. The molecule has 1 amide bonds. The van der Waals surface area contributed by atoms with Gasteiger partial charge >= 0.3 is 6.09 Å². The maximum Gasteiger partial charge on any atom is 0.409 e. The van der Waals surface area contributed by atoms with Gasteiger partial charge in [-0.3, -0.25) is 4.79 Å². The first-order valence-corrected chi connectivity index (χ1v) is 17.6. The van der Waals surface area contributed by atoms with Crippen LogP contribution in [0.1, 0.15) is 86.5 Å². The summed E-state index contributed by atoms with van der Waals surface area (Å²) in [5, 5.41) is 13.3. The highest BCUT2D eigenvalue weighted by atomic mass is 16.6. The Kier molecular flexibility index (Phi) is 16.2. The van der Waals surface area contributed by atoms with Gasteiger partial charge in [0.2, 0.25) is 0 Å². The van der Waals surface area contributed by atoms with E-state index in [4.69, 9.17) is 23.7 Å². The number of nitrogens with one attached hydrogen (secondary N) is 1. The number of aliphatic hydroxyl groups excluding tert-OH is 1. The Bertz CT molecular complexity index is 994. The molecule has 3 heterocycles. The molecule has 0 unspecified atom stereocenters. The van der Waals surface area contributed by atoms with Crippen LogP contribution in [0.5, 0.6) is 0 Å². The smallest absolute Gasteiger partial charge is 0.409 e. The second kappa shape index (κ2) is 19.2. The van der Waals surface area contributed by atoms with Gasteiger partial charge in [0, 0.05) is 45.5 Å². The van der Waals surface area contributed by atoms with Crippen LogP contribution in [0.4, 0.5) is 4.79 Å². The van der Waals surface area contributed by atoms with Crippen LogP contribution in [-0.2, 0) is 28.5 Å². The van der Waals surface area contributed by atoms with Gasteiger partial charge in [-0.25, -0.2) is 4.79 Å². The molecule has 0 saturated carbocycles. The molecule has 3 aliphatic rings. The van der Waals surface area contributed by atoms with Gasteiger partial charge in [-0.1, -0.05) is 39.0 Å². The molecular weight excluding hydrogens is 588 g/mol. The quantitative estimate of drug-likeness (QED) is 0.119. The number of Topliss-reactive ketones (excluding diaryl/α,β-unsaturated/α-hetero) is 1. The van der Waals surface area contributed by atoms with E-state index in [-0.39, 0.29) is 54.4 Å². The number of carbonyl (C=O) groups is 2. The van der Waals surface area contributed by atoms with Crippen molar-refractivity contribution in [2.75, 3.05) is 53.1 Å². The summed E-state index contributed by atoms with van der Waals surface area (Å²) in [6.07, 6.45) is 11.1. The van der Waals surface area contributed by atoms with Crippen molar-refractivity contribution in [1.29, 1.82) is 0 Å². The van der Waals surface area contributed by atoms with Crippen LogP contribution in [0.25, 0.3) is 0 Å². The molecule has 0 aromatic carbocycles. The number of nitrogens with zero attached hydrogens (tertiary/aromatic N) is 1. The number of hydrogen-bond acceptors (Lipinski definition) is 9. The van der Waals surface area contributed by atoms with Crippen molar-refractivity contribution in [1.82, 2.24) is 10.2 Å². The summed E-state index contributed by atoms with van der Waals surface area (Å²) in [5.74, 6) is 1.05. The third-order valence-corrected chi connectivity index (χ3v) is 9.78. The van der Waals surface area contributed by atoms with Gasteiger partial charge in [-0.2, -0.15) is 0 Å². The van der Waals surface area contributed by atoms with E-state index in [2.05, 4.69) is 58.2 Å². The van der Waals surface area contributed by atoms with Crippen LogP contribution in [0.2, 0.25) is 0 Å². The number of aliphatic hydroxyl groups is 1. The van der Waals surface area contributed by atoms with Crippen LogP contribution in [0.3, 0.4) is 0 Å². The van der Waals surface area contributed by atoms with Gasteiger partial charge in [-0.15, -0.1) is 0 Å². The highest BCUT2D eigenvalue weighted by Gasteiger charge is 2.56. The van der Waals surface area contributed by atoms with Crippen LogP contribution in [0.15, 0.2) is 23.8 Å². The summed E-state index contributed by atoms with van der Waals surface area (Å²) in [6.45, 7) is 16.5. The summed E-state index contributed by atoms with van der Waals surface area (Å²) < 4.78 is 29.0. The van der Waals surface area contributed by atoms with Crippen LogP contribution < -0.4 is 5.32 Å². The lowest BCUT2D eigenvalue weighted by molar-refractivity contribution is -0.122. The molecule has 9 atom stereocenters. The molecule has 3 saturated heterocycles. The molecule has 3 fully saturated rings. The SMILES string of the molecule is CO[C@H]([C@@H](C)[C@H]1O[C@]1(C)C[C@H](C)/C=C/C=C(\C)[C@H]1O[C@@H](CCC(=O)CCOCCOC(=O)N2CCCNCC2)CC[C@@H]1C)[C@@H](C)O. The molecule has 0 bridgehead atoms. The standard InChI is InChI=1S/C36H62N2O8/c1-25(24-36(6)34(46-36)28(4)33(42-7)29(5)39)10-8-11-26(2)32-27(3)12-14-31(45-32)15-13-30(40)16-21-43-22-23-44-35(41)38-19-9-17-37-18-20-38/h8,10-11,25,27-29,31-34,37,39H,9,12-24H2,1-7H3/b10-8+,26-11+/t25-,27+,28-,29-,31-,32-,33-,34-,36-/m1/s1. The molecule has 2 N–H and O–H groups in total. The van der Waals surface area contributed by atoms with Gasteiger partial charge in [0.1, 0.15) is 12.4 Å². The topological polar surface area (TPSA) is 119 Å². The average Bonchev–Trinajstić information content (AvgIpc) is 3.75. The van der Waals surface area contributed by atoms with E-state index in [1.807, 2.05) is 0 Å². The zero-order chi connectivity index (χ0) is 33.7. The molecule has 0 spiro atoms. The lowest BCUT2D eigenvalue weighted by Gasteiger charge is -2.35. The Balaban J connectivity index is 1.32. The highest BCUT2D eigenvalue weighted by molar-refractivity contribution is 5.78. The minimum Gasteiger partial charge on any atom is -0.447 e. The Hall–Kier alpha value is -1.82. The van der Waals surface area contributed by atoms with Gasteiger partial charge in [0.05, 0.1) is 49.3 Å². The normalized spacial score (nSPS) is 30.0. The van der Waals surface area contributed by atoms with Crippen molar-refractivity contribution >= 4 is 11.9 Å². The van der Waals surface area contributed by atoms with Gasteiger partial charge < -0.3 is 39.0 Å². The van der Waals surface area contributed by atoms with E-state index >= 15 is 0 Å². The van der Waals surface area contributed by atoms with Crippen LogP contribution in [-0.4, -0.2) is 111 Å². The molecule has 264 valence electrons. The molecule has 3 rings (SSSR count). The maximum absolute atomic E-state index is 12.5. The molecule has 10 nitrogen and oxygen atoms in total. The number of ether oxygens (including phenoxy) is 5. The van der Waals surface area contributed by atoms with Crippen LogP contribution in [0, 0.1) is 17.8 Å². The van der Waals surface area contributed by atoms with Gasteiger partial charge in [-0.05, 0) is 76.8 Å². The van der Waals surface area contributed by atoms with E-state index in [1.54, 1.807) is 18.9 Å². The first-order chi connectivity index (χ1) is 21.9. The Morgan fingerprint density at radius 3 is 2.63 bits per heavy atom. The first kappa shape index (κ1) is 38.6. The van der Waals surface area contributed by atoms with Crippen molar-refractivity contribution in [3.63, 3.8) is 0 Å². The fourth-order valence-electron chi connectivity index (χ4n) is 7.13. The lowest BCUT2D eigenvalue weighted by Crippen LogP contribution is -2.36. The molecule has 3 aliphatic heterocycles. The third kappa shape index (κ3) is 12.3. The first-order valence-electron chi connectivity index (χ1n) is 17.6. The van der Waals surface area contributed by atoms with Crippen molar-refractivity contribution < 1.29 is 38.4 Å². The average molecular weight is 651 g/mol. The second-order valence-corrected chi connectivity index (χ2v) is 14.0. The molecular formula is C36H62N2O8. The maximum atomic E-state index is 12.5. The van der Waals surface area contributed by atoms with E-state index in [0.717, 1.165) is 45.2 Å². The number of epoxide rings is 1. The monoisotopic (exact) mass is 650 g/mol. The number of ketones is 1.